The molecule has 2 fully saturated rings. The fourth-order valence-electron chi connectivity index (χ4n) is 6.69. The van der Waals surface area contributed by atoms with Gasteiger partial charge < -0.3 is 15.0 Å². The Hall–Kier alpha value is -3.67. The van der Waals surface area contributed by atoms with Crippen molar-refractivity contribution in [2.75, 3.05) is 6.54 Å². The van der Waals surface area contributed by atoms with E-state index in [1.54, 1.807) is 72.0 Å². The standard InChI is InChI=1S/C36H49FN5O10PS2/c1-9-24-17-36(24,33(45)39-53(47,51-21(2)3)52-22(4)5)38-31(43)28-16-25(50-34(46)41-18-23-12-10-13-27(37)26(23)20-41)19-42(28)32(44)30(35(6,7)8)40-55(48,49)29-14-11-15-54-29/h9-15,21-22,24-25,28,30,40H,1,16-20H2,2-8H3,(H,38,43)(H,39,45,47)/t24?,25-,28+,30-,36-/m1/s1. The molecule has 3 heterocycles. The van der Waals surface area contributed by atoms with Gasteiger partial charge in [0.1, 0.15) is 33.8 Å². The van der Waals surface area contributed by atoms with Gasteiger partial charge in [-0.25, -0.2) is 22.2 Å². The molecule has 0 spiro atoms. The van der Waals surface area contributed by atoms with Crippen molar-refractivity contribution >= 4 is 52.9 Å². The van der Waals surface area contributed by atoms with Crippen LogP contribution in [-0.2, 0) is 55.8 Å². The average molecular weight is 826 g/mol. The number of sulfonamides is 1. The van der Waals surface area contributed by atoms with E-state index in [-0.39, 0.29) is 36.7 Å². The summed E-state index contributed by atoms with van der Waals surface area (Å²) in [6.45, 7) is 15.0. The quantitative estimate of drug-likeness (QED) is 0.176. The maximum absolute atomic E-state index is 14.5. The Morgan fingerprint density at radius 1 is 1.07 bits per heavy atom. The molecule has 19 heteroatoms. The number of hydrogen-bond acceptors (Lipinski definition) is 11. The van der Waals surface area contributed by atoms with Gasteiger partial charge >= 0.3 is 13.8 Å². The zero-order valence-corrected chi connectivity index (χ0v) is 34.4. The van der Waals surface area contributed by atoms with Gasteiger partial charge in [0.2, 0.25) is 11.8 Å². The Morgan fingerprint density at radius 2 is 1.75 bits per heavy atom. The average Bonchev–Trinajstić information content (AvgIpc) is 3.52. The number of rotatable bonds is 14. The van der Waals surface area contributed by atoms with Gasteiger partial charge in [-0.3, -0.25) is 33.4 Å². The number of benzene rings is 1. The molecule has 1 aromatic carbocycles. The molecular weight excluding hydrogens is 777 g/mol. The summed E-state index contributed by atoms with van der Waals surface area (Å²) in [5, 5.41) is 6.68. The van der Waals surface area contributed by atoms with E-state index in [1.165, 1.54) is 23.1 Å². The molecule has 1 aromatic heterocycles. The molecule has 1 saturated heterocycles. The minimum absolute atomic E-state index is 0.0162. The molecule has 302 valence electrons. The molecule has 3 aliphatic rings. The topological polar surface area (TPSA) is 190 Å². The largest absolute Gasteiger partial charge is 0.444 e. The predicted octanol–water partition coefficient (Wildman–Crippen LogP) is 4.84. The van der Waals surface area contributed by atoms with E-state index in [0.717, 1.165) is 16.2 Å². The van der Waals surface area contributed by atoms with Gasteiger partial charge in [-0.1, -0.05) is 45.0 Å². The van der Waals surface area contributed by atoms with Crippen LogP contribution < -0.4 is 15.1 Å². The summed E-state index contributed by atoms with van der Waals surface area (Å²) in [6.07, 6.45) is -1.70. The number of likely N-dealkylation sites (tertiary alicyclic amines) is 1. The van der Waals surface area contributed by atoms with Gasteiger partial charge in [-0.15, -0.1) is 17.9 Å². The van der Waals surface area contributed by atoms with Gasteiger partial charge in [0.15, 0.2) is 0 Å². The lowest BCUT2D eigenvalue weighted by molar-refractivity contribution is -0.142. The van der Waals surface area contributed by atoms with Crippen molar-refractivity contribution in [2.24, 2.45) is 11.3 Å². The van der Waals surface area contributed by atoms with Crippen molar-refractivity contribution in [1.29, 1.82) is 0 Å². The first-order chi connectivity index (χ1) is 25.6. The number of ether oxygens (including phenoxy) is 1. The number of carbonyl (C=O) groups is 4. The van der Waals surface area contributed by atoms with Crippen LogP contribution in [0.3, 0.4) is 0 Å². The summed E-state index contributed by atoms with van der Waals surface area (Å²) in [6, 6.07) is 4.77. The number of nitrogens with one attached hydrogen (secondary N) is 3. The number of thiophene rings is 1. The minimum Gasteiger partial charge on any atom is -0.444 e. The van der Waals surface area contributed by atoms with E-state index in [1.807, 2.05) is 0 Å². The SMILES string of the molecule is C=CC1C[C@]1(NC(=O)[C@@H]1C[C@@H](OC(=O)N2Cc3cccc(F)c3C2)CN1C(=O)[C@@H](NS(=O)(=O)c1cccs1)C(C)(C)C)C(=O)NP(=O)(OC(C)C)OC(C)C. The molecule has 15 nitrogen and oxygen atoms in total. The second-order valence-electron chi connectivity index (χ2n) is 15.6. The number of carbonyl (C=O) groups excluding carboxylic acids is 4. The molecule has 5 atom stereocenters. The summed E-state index contributed by atoms with van der Waals surface area (Å²) >= 11 is 0.967. The zero-order chi connectivity index (χ0) is 40.7. The number of fused-ring (bicyclic) bond motifs is 1. The molecule has 3 N–H and O–H groups in total. The molecule has 1 saturated carbocycles. The Balaban J connectivity index is 1.42. The second kappa shape index (κ2) is 16.1. The zero-order valence-electron chi connectivity index (χ0n) is 31.9. The van der Waals surface area contributed by atoms with E-state index in [9.17, 15) is 36.6 Å². The van der Waals surface area contributed by atoms with E-state index >= 15 is 0 Å². The number of halogens is 1. The van der Waals surface area contributed by atoms with Crippen LogP contribution in [0, 0.1) is 17.2 Å². The van der Waals surface area contributed by atoms with E-state index < -0.39 is 94.7 Å². The lowest BCUT2D eigenvalue weighted by Crippen LogP contribution is -2.59. The van der Waals surface area contributed by atoms with Crippen LogP contribution >= 0.6 is 19.1 Å². The highest BCUT2D eigenvalue weighted by Gasteiger charge is 2.62. The maximum Gasteiger partial charge on any atom is 0.435 e. The Labute approximate surface area is 325 Å². The van der Waals surface area contributed by atoms with Gasteiger partial charge in [0.25, 0.3) is 15.9 Å². The summed E-state index contributed by atoms with van der Waals surface area (Å²) in [5.41, 5.74) is -1.68. The number of hydrogen-bond donors (Lipinski definition) is 3. The second-order valence-corrected chi connectivity index (χ2v) is 20.1. The molecule has 0 radical (unpaired) electrons. The van der Waals surface area contributed by atoms with Crippen molar-refractivity contribution in [3.63, 3.8) is 0 Å². The first-order valence-corrected chi connectivity index (χ1v) is 21.8. The van der Waals surface area contributed by atoms with Gasteiger partial charge in [-0.05, 0) is 62.6 Å². The van der Waals surface area contributed by atoms with Gasteiger partial charge in [0.05, 0.1) is 25.3 Å². The molecule has 2 aliphatic heterocycles. The van der Waals surface area contributed by atoms with Crippen molar-refractivity contribution in [1.82, 2.24) is 24.9 Å². The third kappa shape index (κ3) is 9.48. The summed E-state index contributed by atoms with van der Waals surface area (Å²) in [7, 11) is -8.39. The Morgan fingerprint density at radius 3 is 2.29 bits per heavy atom. The molecule has 55 heavy (non-hydrogen) atoms. The van der Waals surface area contributed by atoms with Crippen LogP contribution in [0.5, 0.6) is 0 Å². The maximum atomic E-state index is 14.5. The Bertz CT molecular complexity index is 1960. The predicted molar refractivity (Wildman–Crippen MR) is 201 cm³/mol. The van der Waals surface area contributed by atoms with Gasteiger partial charge in [0, 0.05) is 24.4 Å². The molecule has 1 unspecified atom stereocenters. The van der Waals surface area contributed by atoms with Crippen LogP contribution in [-0.4, -0.2) is 84.5 Å². The smallest absolute Gasteiger partial charge is 0.435 e. The minimum atomic E-state index is -4.21. The van der Waals surface area contributed by atoms with Crippen molar-refractivity contribution in [2.45, 2.75) is 115 Å². The lowest BCUT2D eigenvalue weighted by Gasteiger charge is -2.35. The highest BCUT2D eigenvalue weighted by atomic mass is 32.2. The summed E-state index contributed by atoms with van der Waals surface area (Å²) in [4.78, 5) is 58.6. The third-order valence-electron chi connectivity index (χ3n) is 9.43. The highest BCUT2D eigenvalue weighted by Crippen LogP contribution is 2.51. The van der Waals surface area contributed by atoms with Crippen LogP contribution in [0.2, 0.25) is 0 Å². The van der Waals surface area contributed by atoms with Crippen LogP contribution in [0.25, 0.3) is 0 Å². The van der Waals surface area contributed by atoms with Crippen molar-refractivity contribution in [3.05, 3.63) is 65.3 Å². The monoisotopic (exact) mass is 825 g/mol. The normalized spacial score (nSPS) is 23.1. The fourth-order valence-corrected chi connectivity index (χ4v) is 10.8. The first-order valence-electron chi connectivity index (χ1n) is 17.9. The summed E-state index contributed by atoms with van der Waals surface area (Å²) < 4.78 is 74.2. The van der Waals surface area contributed by atoms with Gasteiger partial charge in [-0.2, -0.15) is 4.72 Å². The summed E-state index contributed by atoms with van der Waals surface area (Å²) in [5.74, 6) is -3.48. The van der Waals surface area contributed by atoms with Crippen LogP contribution in [0.1, 0.15) is 72.4 Å². The van der Waals surface area contributed by atoms with Crippen LogP contribution in [0.15, 0.2) is 52.6 Å². The van der Waals surface area contributed by atoms with Crippen molar-refractivity contribution in [3.8, 4) is 0 Å². The number of amides is 4. The van der Waals surface area contributed by atoms with E-state index in [0.29, 0.717) is 11.1 Å². The van der Waals surface area contributed by atoms with E-state index in [2.05, 4.69) is 21.7 Å². The molecule has 4 amide bonds. The third-order valence-corrected chi connectivity index (χ3v) is 14.1. The highest BCUT2D eigenvalue weighted by molar-refractivity contribution is 7.91. The lowest BCUT2D eigenvalue weighted by atomic mass is 9.86. The Kier molecular flexibility index (Phi) is 12.4. The molecule has 2 aromatic rings. The van der Waals surface area contributed by atoms with E-state index in [4.69, 9.17) is 13.8 Å². The molecule has 1 aliphatic carbocycles. The first kappa shape index (κ1) is 42.5. The number of nitrogens with zero attached hydrogens (tertiary/aromatic N) is 2. The van der Waals surface area contributed by atoms with Crippen LogP contribution in [0.4, 0.5) is 9.18 Å². The fraction of sp³-hybridized carbons (Fsp3) is 0.556. The molecule has 5 rings (SSSR count). The molecule has 0 bridgehead atoms. The molecular formula is C36H49FN5O10PS2. The van der Waals surface area contributed by atoms with Crippen molar-refractivity contribution < 1.29 is 50.3 Å².